The van der Waals surface area contributed by atoms with E-state index in [1.807, 2.05) is 48.7 Å². The molecule has 0 saturated heterocycles. The van der Waals surface area contributed by atoms with Gasteiger partial charge in [-0.25, -0.2) is 0 Å². The maximum atomic E-state index is 10.4. The minimum atomic E-state index is -0.583. The Morgan fingerprint density at radius 3 is 2.70 bits per heavy atom. The van der Waals surface area contributed by atoms with Crippen LogP contribution in [0.25, 0.3) is 10.9 Å². The molecule has 3 nitrogen and oxygen atoms in total. The van der Waals surface area contributed by atoms with Crippen LogP contribution in [0.2, 0.25) is 0 Å². The molecule has 3 aromatic rings. The van der Waals surface area contributed by atoms with Crippen LogP contribution in [0, 0.1) is 11.3 Å². The highest BCUT2D eigenvalue weighted by Gasteiger charge is 2.14. The second-order valence-corrected chi connectivity index (χ2v) is 4.82. The van der Waals surface area contributed by atoms with Crippen LogP contribution < -0.4 is 0 Å². The van der Waals surface area contributed by atoms with Crippen LogP contribution >= 0.6 is 0 Å². The van der Waals surface area contributed by atoms with E-state index < -0.39 is 6.10 Å². The molecule has 1 aromatic heterocycles. The van der Waals surface area contributed by atoms with Gasteiger partial charge in [-0.05, 0) is 23.8 Å². The van der Waals surface area contributed by atoms with Crippen LogP contribution in [0.4, 0.5) is 0 Å². The molecule has 2 N–H and O–H groups in total. The van der Waals surface area contributed by atoms with Gasteiger partial charge in [0.15, 0.2) is 0 Å². The van der Waals surface area contributed by atoms with Gasteiger partial charge in [0.05, 0.1) is 17.7 Å². The van der Waals surface area contributed by atoms with Crippen molar-refractivity contribution in [2.45, 2.75) is 12.5 Å². The Hall–Kier alpha value is -2.57. The van der Waals surface area contributed by atoms with Crippen LogP contribution in [0.15, 0.2) is 54.7 Å². The van der Waals surface area contributed by atoms with Gasteiger partial charge in [0.25, 0.3) is 0 Å². The molecule has 3 rings (SSSR count). The summed E-state index contributed by atoms with van der Waals surface area (Å²) >= 11 is 0. The Balaban J connectivity index is 1.95. The van der Waals surface area contributed by atoms with Crippen molar-refractivity contribution >= 4 is 10.9 Å². The molecule has 2 aromatic carbocycles. The molecule has 0 aliphatic carbocycles. The van der Waals surface area contributed by atoms with E-state index in [9.17, 15) is 5.11 Å². The SMILES string of the molecule is N#Cc1ccc2[nH]cc(C(O)Cc3ccccc3)c2c1. The van der Waals surface area contributed by atoms with Crippen LogP contribution in [-0.2, 0) is 6.42 Å². The molecule has 1 atom stereocenters. The fourth-order valence-corrected chi connectivity index (χ4v) is 2.43. The summed E-state index contributed by atoms with van der Waals surface area (Å²) in [6.07, 6.45) is 1.80. The first-order valence-electron chi connectivity index (χ1n) is 6.51. The Morgan fingerprint density at radius 2 is 1.95 bits per heavy atom. The van der Waals surface area contributed by atoms with Gasteiger partial charge in [-0.15, -0.1) is 0 Å². The number of nitriles is 1. The van der Waals surface area contributed by atoms with Crippen molar-refractivity contribution in [2.24, 2.45) is 0 Å². The Morgan fingerprint density at radius 1 is 1.15 bits per heavy atom. The van der Waals surface area contributed by atoms with E-state index in [4.69, 9.17) is 5.26 Å². The number of aromatic amines is 1. The number of H-pyrrole nitrogens is 1. The summed E-state index contributed by atoms with van der Waals surface area (Å²) < 4.78 is 0. The van der Waals surface area contributed by atoms with Crippen LogP contribution in [0.5, 0.6) is 0 Å². The molecule has 0 spiro atoms. The average Bonchev–Trinajstić information content (AvgIpc) is 2.91. The maximum Gasteiger partial charge on any atom is 0.0991 e. The van der Waals surface area contributed by atoms with E-state index in [2.05, 4.69) is 11.1 Å². The predicted molar refractivity (Wildman–Crippen MR) is 78.1 cm³/mol. The number of aliphatic hydroxyl groups excluding tert-OH is 1. The summed E-state index contributed by atoms with van der Waals surface area (Å²) in [6.45, 7) is 0. The highest BCUT2D eigenvalue weighted by Crippen LogP contribution is 2.27. The number of hydrogen-bond acceptors (Lipinski definition) is 2. The van der Waals surface area contributed by atoms with Gasteiger partial charge < -0.3 is 10.1 Å². The molecule has 3 heteroatoms. The zero-order chi connectivity index (χ0) is 13.9. The molecule has 0 amide bonds. The van der Waals surface area contributed by atoms with Gasteiger partial charge in [0.2, 0.25) is 0 Å². The molecule has 1 unspecified atom stereocenters. The monoisotopic (exact) mass is 262 g/mol. The maximum absolute atomic E-state index is 10.4. The summed E-state index contributed by atoms with van der Waals surface area (Å²) in [5.74, 6) is 0. The summed E-state index contributed by atoms with van der Waals surface area (Å²) in [5.41, 5.74) is 3.46. The fraction of sp³-hybridized carbons (Fsp3) is 0.118. The second kappa shape index (κ2) is 5.20. The summed E-state index contributed by atoms with van der Waals surface area (Å²) in [5, 5.41) is 20.3. The van der Waals surface area contributed by atoms with Crippen molar-refractivity contribution in [3.63, 3.8) is 0 Å². The van der Waals surface area contributed by atoms with Crippen molar-refractivity contribution in [3.05, 3.63) is 71.4 Å². The first-order chi connectivity index (χ1) is 9.78. The standard InChI is InChI=1S/C17H14N2O/c18-10-13-6-7-16-14(8-13)15(11-19-16)17(20)9-12-4-2-1-3-5-12/h1-8,11,17,19-20H,9H2. The number of rotatable bonds is 3. The number of hydrogen-bond donors (Lipinski definition) is 2. The zero-order valence-corrected chi connectivity index (χ0v) is 10.9. The van der Waals surface area contributed by atoms with Crippen molar-refractivity contribution in [2.75, 3.05) is 0 Å². The molecule has 0 fully saturated rings. The molecule has 20 heavy (non-hydrogen) atoms. The minimum Gasteiger partial charge on any atom is -0.388 e. The second-order valence-electron chi connectivity index (χ2n) is 4.82. The lowest BCUT2D eigenvalue weighted by Crippen LogP contribution is -2.00. The third-order valence-electron chi connectivity index (χ3n) is 3.47. The highest BCUT2D eigenvalue weighted by molar-refractivity contribution is 5.84. The Labute approximate surface area is 117 Å². The lowest BCUT2D eigenvalue weighted by atomic mass is 10.0. The number of fused-ring (bicyclic) bond motifs is 1. The van der Waals surface area contributed by atoms with Gasteiger partial charge in [0.1, 0.15) is 0 Å². The van der Waals surface area contributed by atoms with Gasteiger partial charge in [0, 0.05) is 29.1 Å². The number of benzene rings is 2. The van der Waals surface area contributed by atoms with Crippen molar-refractivity contribution in [1.29, 1.82) is 5.26 Å². The zero-order valence-electron chi connectivity index (χ0n) is 10.9. The lowest BCUT2D eigenvalue weighted by molar-refractivity contribution is 0.180. The molecule has 1 heterocycles. The number of nitrogens with zero attached hydrogens (tertiary/aromatic N) is 1. The van der Waals surface area contributed by atoms with E-state index in [0.717, 1.165) is 22.0 Å². The van der Waals surface area contributed by atoms with Crippen LogP contribution in [0.1, 0.15) is 22.8 Å². The van der Waals surface area contributed by atoms with Crippen molar-refractivity contribution in [1.82, 2.24) is 4.98 Å². The Kier molecular flexibility index (Phi) is 3.24. The largest absolute Gasteiger partial charge is 0.388 e. The number of aromatic nitrogens is 1. The van der Waals surface area contributed by atoms with E-state index in [1.54, 1.807) is 6.07 Å². The number of nitrogens with one attached hydrogen (secondary N) is 1. The topological polar surface area (TPSA) is 59.8 Å². The molecular weight excluding hydrogens is 248 g/mol. The normalized spacial score (nSPS) is 12.2. The smallest absolute Gasteiger partial charge is 0.0991 e. The predicted octanol–water partition coefficient (Wildman–Crippen LogP) is 3.32. The molecule has 0 aliphatic heterocycles. The van der Waals surface area contributed by atoms with Gasteiger partial charge in [-0.3, -0.25) is 0 Å². The van der Waals surface area contributed by atoms with Crippen LogP contribution in [0.3, 0.4) is 0 Å². The summed E-state index contributed by atoms with van der Waals surface area (Å²) in [7, 11) is 0. The first kappa shape index (κ1) is 12.5. The molecule has 98 valence electrons. The molecule has 0 aliphatic rings. The van der Waals surface area contributed by atoms with E-state index in [0.29, 0.717) is 12.0 Å². The van der Waals surface area contributed by atoms with Crippen molar-refractivity contribution in [3.8, 4) is 6.07 Å². The lowest BCUT2D eigenvalue weighted by Gasteiger charge is -2.10. The van der Waals surface area contributed by atoms with E-state index in [-0.39, 0.29) is 0 Å². The summed E-state index contributed by atoms with van der Waals surface area (Å²) in [6, 6.07) is 17.5. The van der Waals surface area contributed by atoms with E-state index in [1.165, 1.54) is 0 Å². The molecule has 0 bridgehead atoms. The number of aliphatic hydroxyl groups is 1. The first-order valence-corrected chi connectivity index (χ1v) is 6.51. The van der Waals surface area contributed by atoms with E-state index >= 15 is 0 Å². The van der Waals surface area contributed by atoms with Crippen molar-refractivity contribution < 1.29 is 5.11 Å². The quantitative estimate of drug-likeness (QED) is 0.760. The van der Waals surface area contributed by atoms with Gasteiger partial charge in [-0.2, -0.15) is 5.26 Å². The highest BCUT2D eigenvalue weighted by atomic mass is 16.3. The third-order valence-corrected chi connectivity index (χ3v) is 3.47. The fourth-order valence-electron chi connectivity index (χ4n) is 2.43. The van der Waals surface area contributed by atoms with Gasteiger partial charge in [-0.1, -0.05) is 30.3 Å². The molecule has 0 radical (unpaired) electrons. The van der Waals surface area contributed by atoms with Crippen LogP contribution in [-0.4, -0.2) is 10.1 Å². The summed E-state index contributed by atoms with van der Waals surface area (Å²) in [4.78, 5) is 3.14. The Bertz CT molecular complexity index is 769. The minimum absolute atomic E-state index is 0.560. The average molecular weight is 262 g/mol. The molecular formula is C17H14N2O. The third kappa shape index (κ3) is 2.29. The van der Waals surface area contributed by atoms with Gasteiger partial charge >= 0.3 is 0 Å². The molecule has 0 saturated carbocycles.